The molecule has 2 N–H and O–H groups in total. The zero-order chi connectivity index (χ0) is 18.2. The quantitative estimate of drug-likeness (QED) is 0.700. The van der Waals surface area contributed by atoms with Crippen molar-refractivity contribution in [3.8, 4) is 0 Å². The number of fused-ring (bicyclic) bond motifs is 1. The number of aryl methyl sites for hydroxylation is 2. The molecule has 25 heavy (non-hydrogen) atoms. The number of aromatic amines is 1. The molecule has 0 saturated heterocycles. The van der Waals surface area contributed by atoms with E-state index in [1.165, 1.54) is 18.8 Å². The Labute approximate surface area is 142 Å². The van der Waals surface area contributed by atoms with Crippen LogP contribution >= 0.6 is 11.8 Å². The highest BCUT2D eigenvalue weighted by Gasteiger charge is 2.38. The molecule has 0 bridgehead atoms. The van der Waals surface area contributed by atoms with Gasteiger partial charge in [-0.1, -0.05) is 5.16 Å². The lowest BCUT2D eigenvalue weighted by Gasteiger charge is -2.05. The average molecular weight is 375 g/mol. The number of anilines is 1. The van der Waals surface area contributed by atoms with Crippen molar-refractivity contribution in [2.45, 2.75) is 18.9 Å². The molecule has 13 heteroatoms. The third-order valence-corrected chi connectivity index (χ3v) is 4.02. The molecule has 0 atom stereocenters. The highest BCUT2D eigenvalue weighted by molar-refractivity contribution is 7.99. The Balaban J connectivity index is 1.69. The molecule has 0 radical (unpaired) electrons. The molecule has 134 valence electrons. The molecule has 0 aliphatic carbocycles. The van der Waals surface area contributed by atoms with Gasteiger partial charge in [0.05, 0.1) is 16.9 Å². The van der Waals surface area contributed by atoms with E-state index in [2.05, 4.69) is 30.8 Å². The largest absolute Gasteiger partial charge is 0.435 e. The Morgan fingerprint density at radius 2 is 2.20 bits per heavy atom. The van der Waals surface area contributed by atoms with Gasteiger partial charge in [-0.05, 0) is 6.92 Å². The molecule has 0 unspecified atom stereocenters. The molecule has 0 saturated carbocycles. The topological polar surface area (TPSA) is 115 Å². The van der Waals surface area contributed by atoms with Crippen LogP contribution < -0.4 is 5.32 Å². The number of carbonyl (C=O) groups is 1. The Bertz CT molecular complexity index is 914. The van der Waals surface area contributed by atoms with Crippen molar-refractivity contribution >= 4 is 34.5 Å². The molecular formula is C12H12F3N7O2S. The Kier molecular flexibility index (Phi) is 4.41. The number of hydrogen-bond donors (Lipinski definition) is 2. The summed E-state index contributed by atoms with van der Waals surface area (Å²) < 4.78 is 45.1. The zero-order valence-electron chi connectivity index (χ0n) is 13.0. The van der Waals surface area contributed by atoms with E-state index in [1.54, 1.807) is 6.92 Å². The van der Waals surface area contributed by atoms with Gasteiger partial charge in [0.1, 0.15) is 5.82 Å². The fourth-order valence-electron chi connectivity index (χ4n) is 2.13. The van der Waals surface area contributed by atoms with Gasteiger partial charge in [0.2, 0.25) is 11.8 Å². The van der Waals surface area contributed by atoms with Crippen LogP contribution in [0.15, 0.2) is 4.52 Å². The number of nitrogens with one attached hydrogen (secondary N) is 2. The minimum absolute atomic E-state index is 0.00314. The maximum atomic E-state index is 13.1. The fraction of sp³-hybridized carbons (Fsp3) is 0.417. The summed E-state index contributed by atoms with van der Waals surface area (Å²) in [6.07, 6.45) is -4.66. The monoisotopic (exact) mass is 375 g/mol. The second kappa shape index (κ2) is 6.38. The van der Waals surface area contributed by atoms with E-state index in [0.717, 1.165) is 4.68 Å². The molecule has 0 spiro atoms. The first-order chi connectivity index (χ1) is 11.8. The van der Waals surface area contributed by atoms with Crippen molar-refractivity contribution in [3.63, 3.8) is 0 Å². The summed E-state index contributed by atoms with van der Waals surface area (Å²) in [5.41, 5.74) is -1.11. The molecule has 0 aromatic carbocycles. The van der Waals surface area contributed by atoms with Crippen LogP contribution in [0, 0.1) is 6.92 Å². The van der Waals surface area contributed by atoms with Crippen LogP contribution in [0.5, 0.6) is 0 Å². The lowest BCUT2D eigenvalue weighted by Crippen LogP contribution is -2.15. The summed E-state index contributed by atoms with van der Waals surface area (Å²) in [5.74, 6) is 0.511. The maximum Gasteiger partial charge on any atom is 0.435 e. The molecule has 3 heterocycles. The first-order valence-corrected chi connectivity index (χ1v) is 8.06. The van der Waals surface area contributed by atoms with E-state index in [4.69, 9.17) is 4.52 Å². The van der Waals surface area contributed by atoms with Gasteiger partial charge in [-0.15, -0.1) is 11.8 Å². The van der Waals surface area contributed by atoms with Crippen molar-refractivity contribution < 1.29 is 22.5 Å². The number of aromatic nitrogens is 6. The van der Waals surface area contributed by atoms with Gasteiger partial charge < -0.3 is 9.84 Å². The molecule has 1 amide bonds. The van der Waals surface area contributed by atoms with Gasteiger partial charge in [-0.2, -0.15) is 28.4 Å². The number of carbonyl (C=O) groups excluding carboxylic acids is 1. The van der Waals surface area contributed by atoms with Crippen LogP contribution in [0.1, 0.15) is 17.4 Å². The summed E-state index contributed by atoms with van der Waals surface area (Å²) in [4.78, 5) is 15.9. The lowest BCUT2D eigenvalue weighted by molar-refractivity contribution is -0.140. The van der Waals surface area contributed by atoms with Crippen LogP contribution in [0.4, 0.5) is 19.0 Å². The summed E-state index contributed by atoms with van der Waals surface area (Å²) >= 11 is 1.18. The van der Waals surface area contributed by atoms with E-state index >= 15 is 0 Å². The van der Waals surface area contributed by atoms with Crippen LogP contribution in [0.2, 0.25) is 0 Å². The van der Waals surface area contributed by atoms with E-state index < -0.39 is 17.8 Å². The molecule has 3 aromatic rings. The first kappa shape index (κ1) is 17.3. The minimum Gasteiger partial charge on any atom is -0.338 e. The normalized spacial score (nSPS) is 12.0. The van der Waals surface area contributed by atoms with Crippen molar-refractivity contribution in [1.82, 2.24) is 30.1 Å². The van der Waals surface area contributed by atoms with Gasteiger partial charge in [0.25, 0.3) is 0 Å². The number of amides is 1. The van der Waals surface area contributed by atoms with Gasteiger partial charge in [0, 0.05) is 7.05 Å². The third kappa shape index (κ3) is 3.60. The minimum atomic E-state index is -4.66. The number of rotatable bonds is 5. The van der Waals surface area contributed by atoms with Gasteiger partial charge >= 0.3 is 6.18 Å². The molecule has 3 aromatic heterocycles. The SMILES string of the molecule is Cc1noc(CSCC(=O)Nc2[nH]nc3c2c(C(F)(F)F)nn3C)n1. The summed E-state index contributed by atoms with van der Waals surface area (Å²) in [7, 11) is 1.34. The summed E-state index contributed by atoms with van der Waals surface area (Å²) in [6.45, 7) is 1.67. The smallest absolute Gasteiger partial charge is 0.338 e. The van der Waals surface area contributed by atoms with Crippen LogP contribution in [-0.2, 0) is 23.8 Å². The highest BCUT2D eigenvalue weighted by Crippen LogP contribution is 2.36. The van der Waals surface area contributed by atoms with Gasteiger partial charge in [-0.3, -0.25) is 9.89 Å². The second-order valence-electron chi connectivity index (χ2n) is 5.04. The predicted octanol–water partition coefficient (Wildman–Crippen LogP) is 1.88. The van der Waals surface area contributed by atoms with E-state index in [9.17, 15) is 18.0 Å². The molecular weight excluding hydrogens is 363 g/mol. The van der Waals surface area contributed by atoms with Gasteiger partial charge in [0.15, 0.2) is 17.2 Å². The standard InChI is InChI=1S/C12H12F3N7O2S/c1-5-16-7(24-21-5)4-25-3-6(23)17-10-8-9(12(13,14)15)20-22(2)11(8)19-18-10/h3-4H2,1-2H3,(H2,17,18,19,23). The van der Waals surface area contributed by atoms with Crippen LogP contribution in [-0.4, -0.2) is 41.8 Å². The molecule has 9 nitrogen and oxygen atoms in total. The van der Waals surface area contributed by atoms with Crippen molar-refractivity contribution in [2.75, 3.05) is 11.1 Å². The van der Waals surface area contributed by atoms with Crippen molar-refractivity contribution in [2.24, 2.45) is 7.05 Å². The van der Waals surface area contributed by atoms with Crippen molar-refractivity contribution in [1.29, 1.82) is 0 Å². The predicted molar refractivity (Wildman–Crippen MR) is 81.7 cm³/mol. The van der Waals surface area contributed by atoms with E-state index in [1.807, 2.05) is 0 Å². The zero-order valence-corrected chi connectivity index (χ0v) is 13.8. The number of nitrogens with zero attached hydrogens (tertiary/aromatic N) is 5. The Hall–Kier alpha value is -2.57. The summed E-state index contributed by atoms with van der Waals surface area (Å²) in [5, 5.41) is 15.3. The second-order valence-corrected chi connectivity index (χ2v) is 6.03. The van der Waals surface area contributed by atoms with Crippen molar-refractivity contribution in [3.05, 3.63) is 17.4 Å². The lowest BCUT2D eigenvalue weighted by atomic mass is 10.3. The molecule has 0 fully saturated rings. The molecule has 0 aliphatic rings. The van der Waals surface area contributed by atoms with Gasteiger partial charge in [-0.25, -0.2) is 4.68 Å². The van der Waals surface area contributed by atoms with Crippen LogP contribution in [0.3, 0.4) is 0 Å². The number of halogens is 3. The highest BCUT2D eigenvalue weighted by atomic mass is 32.2. The van der Waals surface area contributed by atoms with E-state index in [0.29, 0.717) is 17.5 Å². The maximum absolute atomic E-state index is 13.1. The number of hydrogen-bond acceptors (Lipinski definition) is 7. The number of alkyl halides is 3. The molecule has 0 aliphatic heterocycles. The van der Waals surface area contributed by atoms with Crippen LogP contribution in [0.25, 0.3) is 11.0 Å². The number of thioether (sulfide) groups is 1. The Morgan fingerprint density at radius 1 is 1.44 bits per heavy atom. The summed E-state index contributed by atoms with van der Waals surface area (Å²) in [6, 6.07) is 0. The average Bonchev–Trinajstić information content (AvgIpc) is 3.18. The third-order valence-electron chi connectivity index (χ3n) is 3.10. The molecule has 3 rings (SSSR count). The van der Waals surface area contributed by atoms with E-state index in [-0.39, 0.29) is 22.6 Å². The Morgan fingerprint density at radius 3 is 2.84 bits per heavy atom. The fourth-order valence-corrected chi connectivity index (χ4v) is 2.78. The number of H-pyrrole nitrogens is 1. The first-order valence-electron chi connectivity index (χ1n) is 6.90.